The van der Waals surface area contributed by atoms with Crippen molar-refractivity contribution in [2.24, 2.45) is 0 Å². The van der Waals surface area contributed by atoms with E-state index >= 15 is 0 Å². The Balaban J connectivity index is 1.67. The van der Waals surface area contributed by atoms with Gasteiger partial charge in [0.25, 0.3) is 5.91 Å². The van der Waals surface area contributed by atoms with Crippen LogP contribution < -0.4 is 5.32 Å². The number of fused-ring (bicyclic) bond motifs is 2. The van der Waals surface area contributed by atoms with Crippen LogP contribution in [0.5, 0.6) is 0 Å². The number of esters is 1. The third-order valence-corrected chi connectivity index (χ3v) is 6.72. The molecule has 4 rings (SSSR count). The van der Waals surface area contributed by atoms with Gasteiger partial charge in [0.1, 0.15) is 5.00 Å². The summed E-state index contributed by atoms with van der Waals surface area (Å²) in [6.07, 6.45) is 0.785. The maximum atomic E-state index is 12.8. The van der Waals surface area contributed by atoms with Gasteiger partial charge in [-0.15, -0.1) is 22.7 Å². The summed E-state index contributed by atoms with van der Waals surface area (Å²) < 4.78 is 5.94. The number of ether oxygens (including phenoxy) is 1. The van der Waals surface area contributed by atoms with Gasteiger partial charge in [0.15, 0.2) is 0 Å². The fourth-order valence-corrected chi connectivity index (χ4v) is 5.29. The van der Waals surface area contributed by atoms with Crippen molar-refractivity contribution in [3.8, 4) is 0 Å². The zero-order valence-electron chi connectivity index (χ0n) is 15.1. The maximum Gasteiger partial charge on any atom is 0.341 e. The van der Waals surface area contributed by atoms with E-state index in [9.17, 15) is 9.59 Å². The second-order valence-corrected chi connectivity index (χ2v) is 8.30. The van der Waals surface area contributed by atoms with E-state index < -0.39 is 5.97 Å². The number of carbonyl (C=O) groups is 2. The highest BCUT2D eigenvalue weighted by molar-refractivity contribution is 7.17. The fourth-order valence-electron chi connectivity index (χ4n) is 3.30. The van der Waals surface area contributed by atoms with Gasteiger partial charge in [-0.2, -0.15) is 0 Å². The number of likely N-dealkylation sites (N-methyl/N-ethyl adjacent to an activating group) is 1. The van der Waals surface area contributed by atoms with Crippen LogP contribution in [0.1, 0.15) is 38.1 Å². The standard InChI is InChI=1S/C19H19N3O3S2/c1-3-22-7-6-12-15(9-22)27-18(16(12)19(24)25-2)21-17(23)11-4-5-13-14(8-11)26-10-20-13/h4-5,8,10H,3,6-7,9H2,1-2H3,(H,21,23). The lowest BCUT2D eigenvalue weighted by molar-refractivity contribution is 0.0600. The highest BCUT2D eigenvalue weighted by Gasteiger charge is 2.29. The predicted octanol–water partition coefficient (Wildman–Crippen LogP) is 3.77. The van der Waals surface area contributed by atoms with E-state index in [1.807, 2.05) is 12.1 Å². The summed E-state index contributed by atoms with van der Waals surface area (Å²) in [6.45, 7) is 4.78. The average molecular weight is 402 g/mol. The highest BCUT2D eigenvalue weighted by atomic mass is 32.1. The van der Waals surface area contributed by atoms with Crippen molar-refractivity contribution in [2.75, 3.05) is 25.5 Å². The van der Waals surface area contributed by atoms with E-state index in [4.69, 9.17) is 4.74 Å². The second kappa shape index (κ2) is 7.38. The van der Waals surface area contributed by atoms with Gasteiger partial charge in [-0.3, -0.25) is 9.69 Å². The van der Waals surface area contributed by atoms with E-state index in [0.29, 0.717) is 16.1 Å². The van der Waals surface area contributed by atoms with E-state index in [0.717, 1.165) is 46.7 Å². The molecule has 0 radical (unpaired) electrons. The predicted molar refractivity (Wildman–Crippen MR) is 108 cm³/mol. The molecule has 1 N–H and O–H groups in total. The third kappa shape index (κ3) is 3.36. The summed E-state index contributed by atoms with van der Waals surface area (Å²) in [5.74, 6) is -0.632. The quantitative estimate of drug-likeness (QED) is 0.674. The summed E-state index contributed by atoms with van der Waals surface area (Å²) >= 11 is 2.96. The van der Waals surface area contributed by atoms with Crippen LogP contribution in [0.25, 0.3) is 10.2 Å². The van der Waals surface area contributed by atoms with Gasteiger partial charge in [-0.05, 0) is 36.7 Å². The molecule has 1 aliphatic rings. The molecule has 0 atom stereocenters. The summed E-state index contributed by atoms with van der Waals surface area (Å²) in [7, 11) is 1.37. The number of methoxy groups -OCH3 is 1. The number of amides is 1. The molecule has 0 aliphatic carbocycles. The molecule has 140 valence electrons. The number of rotatable bonds is 4. The second-order valence-electron chi connectivity index (χ2n) is 6.31. The van der Waals surface area contributed by atoms with Gasteiger partial charge in [0.05, 0.1) is 28.4 Å². The van der Waals surface area contributed by atoms with Gasteiger partial charge < -0.3 is 10.1 Å². The first-order chi connectivity index (χ1) is 13.1. The third-order valence-electron chi connectivity index (χ3n) is 4.79. The molecule has 0 saturated heterocycles. The SMILES string of the molecule is CCN1CCc2c(sc(NC(=O)c3ccc4ncsc4c3)c2C(=O)OC)C1. The van der Waals surface area contributed by atoms with Crippen LogP contribution in [0, 0.1) is 0 Å². The van der Waals surface area contributed by atoms with Crippen molar-refractivity contribution >= 4 is 49.8 Å². The molecule has 3 heterocycles. The lowest BCUT2D eigenvalue weighted by Crippen LogP contribution is -2.29. The Hall–Kier alpha value is -2.29. The molecule has 27 heavy (non-hydrogen) atoms. The van der Waals surface area contributed by atoms with Crippen molar-refractivity contribution < 1.29 is 14.3 Å². The molecule has 2 aromatic heterocycles. The van der Waals surface area contributed by atoms with Crippen LogP contribution in [0.15, 0.2) is 23.7 Å². The minimum atomic E-state index is -0.398. The molecule has 0 spiro atoms. The molecule has 1 amide bonds. The van der Waals surface area contributed by atoms with E-state index in [1.165, 1.54) is 29.8 Å². The largest absolute Gasteiger partial charge is 0.465 e. The van der Waals surface area contributed by atoms with E-state index in [1.54, 1.807) is 11.6 Å². The summed E-state index contributed by atoms with van der Waals surface area (Å²) in [5, 5.41) is 3.50. The molecular weight excluding hydrogens is 382 g/mol. The number of anilines is 1. The topological polar surface area (TPSA) is 71.5 Å². The van der Waals surface area contributed by atoms with Crippen molar-refractivity contribution in [1.29, 1.82) is 0 Å². The smallest absolute Gasteiger partial charge is 0.341 e. The monoisotopic (exact) mass is 401 g/mol. The Morgan fingerprint density at radius 3 is 3.00 bits per heavy atom. The molecule has 0 bridgehead atoms. The molecule has 6 nitrogen and oxygen atoms in total. The molecule has 1 aliphatic heterocycles. The average Bonchev–Trinajstić information content (AvgIpc) is 3.29. The van der Waals surface area contributed by atoms with E-state index in [-0.39, 0.29) is 5.91 Å². The first kappa shape index (κ1) is 18.1. The number of nitrogens with zero attached hydrogens (tertiary/aromatic N) is 2. The molecule has 0 unspecified atom stereocenters. The molecular formula is C19H19N3O3S2. The normalized spacial score (nSPS) is 14.1. The first-order valence-electron chi connectivity index (χ1n) is 8.70. The fraction of sp³-hybridized carbons (Fsp3) is 0.316. The van der Waals surface area contributed by atoms with Gasteiger partial charge >= 0.3 is 5.97 Å². The van der Waals surface area contributed by atoms with Crippen molar-refractivity contribution in [3.63, 3.8) is 0 Å². The summed E-state index contributed by atoms with van der Waals surface area (Å²) in [4.78, 5) is 32.9. The van der Waals surface area contributed by atoms with Crippen LogP contribution in [-0.4, -0.2) is 42.0 Å². The molecule has 3 aromatic rings. The maximum absolute atomic E-state index is 12.8. The van der Waals surface area contributed by atoms with Crippen LogP contribution in [0.2, 0.25) is 0 Å². The number of hydrogen-bond donors (Lipinski definition) is 1. The van der Waals surface area contributed by atoms with Crippen LogP contribution >= 0.6 is 22.7 Å². The Bertz CT molecular complexity index is 1020. The number of thiophene rings is 1. The first-order valence-corrected chi connectivity index (χ1v) is 10.4. The molecule has 0 fully saturated rings. The van der Waals surface area contributed by atoms with Crippen LogP contribution in [-0.2, 0) is 17.7 Å². The van der Waals surface area contributed by atoms with Crippen molar-refractivity contribution in [3.05, 3.63) is 45.3 Å². The number of benzene rings is 1. The number of thiazole rings is 1. The van der Waals surface area contributed by atoms with Crippen LogP contribution in [0.3, 0.4) is 0 Å². The summed E-state index contributed by atoms with van der Waals surface area (Å²) in [6, 6.07) is 5.41. The number of aromatic nitrogens is 1. The molecule has 8 heteroatoms. The molecule has 1 aromatic carbocycles. The molecule has 0 saturated carbocycles. The minimum Gasteiger partial charge on any atom is -0.465 e. The number of hydrogen-bond acceptors (Lipinski definition) is 7. The number of nitrogens with one attached hydrogen (secondary N) is 1. The summed E-state index contributed by atoms with van der Waals surface area (Å²) in [5.41, 5.74) is 4.68. The van der Waals surface area contributed by atoms with Crippen LogP contribution in [0.4, 0.5) is 5.00 Å². The zero-order chi connectivity index (χ0) is 19.0. The van der Waals surface area contributed by atoms with Crippen molar-refractivity contribution in [1.82, 2.24) is 9.88 Å². The lowest BCUT2D eigenvalue weighted by atomic mass is 10.0. The van der Waals surface area contributed by atoms with Gasteiger partial charge in [0.2, 0.25) is 0 Å². The number of carbonyl (C=O) groups excluding carboxylic acids is 2. The Labute approximate surface area is 164 Å². The van der Waals surface area contributed by atoms with Gasteiger partial charge in [0, 0.05) is 23.5 Å². The minimum absolute atomic E-state index is 0.235. The highest BCUT2D eigenvalue weighted by Crippen LogP contribution is 2.38. The Kier molecular flexibility index (Phi) is 4.94. The lowest BCUT2D eigenvalue weighted by Gasteiger charge is -2.25. The zero-order valence-corrected chi connectivity index (χ0v) is 16.7. The Morgan fingerprint density at radius 2 is 2.22 bits per heavy atom. The Morgan fingerprint density at radius 1 is 1.37 bits per heavy atom. The van der Waals surface area contributed by atoms with Gasteiger partial charge in [-0.1, -0.05) is 6.92 Å². The van der Waals surface area contributed by atoms with Crippen molar-refractivity contribution in [2.45, 2.75) is 19.9 Å². The van der Waals surface area contributed by atoms with Gasteiger partial charge in [-0.25, -0.2) is 9.78 Å². The van der Waals surface area contributed by atoms with E-state index in [2.05, 4.69) is 22.1 Å².